The first kappa shape index (κ1) is 31.6. The summed E-state index contributed by atoms with van der Waals surface area (Å²) in [7, 11) is 5.80. The van der Waals surface area contributed by atoms with Crippen LogP contribution >= 0.6 is 0 Å². The number of carbonyl (C=O) groups excluding carboxylic acids is 2. The molecule has 0 saturated carbocycles. The molecule has 1 aromatic heterocycles. The summed E-state index contributed by atoms with van der Waals surface area (Å²) in [6.07, 6.45) is 2.04. The first-order chi connectivity index (χ1) is 21.2. The average molecular weight is 608 g/mol. The Morgan fingerprint density at radius 3 is 2.52 bits per heavy atom. The molecule has 44 heavy (non-hydrogen) atoms. The molecule has 0 unspecified atom stereocenters. The molecule has 0 radical (unpaired) electrons. The van der Waals surface area contributed by atoms with Gasteiger partial charge in [-0.15, -0.1) is 0 Å². The first-order valence-electron chi connectivity index (χ1n) is 15.2. The Bertz CT molecular complexity index is 1550. The van der Waals surface area contributed by atoms with Crippen LogP contribution in [-0.4, -0.2) is 111 Å². The van der Waals surface area contributed by atoms with Gasteiger partial charge < -0.3 is 30.6 Å². The van der Waals surface area contributed by atoms with Crippen LogP contribution in [0, 0.1) is 5.82 Å². The second kappa shape index (κ2) is 14.3. The molecule has 11 nitrogen and oxygen atoms in total. The van der Waals surface area contributed by atoms with Crippen LogP contribution in [-0.2, 0) is 11.3 Å². The molecule has 0 aliphatic carbocycles. The maximum absolute atomic E-state index is 14.2. The monoisotopic (exact) mass is 607 g/mol. The zero-order valence-corrected chi connectivity index (χ0v) is 25.7. The molecule has 12 heteroatoms. The van der Waals surface area contributed by atoms with Gasteiger partial charge in [-0.25, -0.2) is 4.39 Å². The van der Waals surface area contributed by atoms with Crippen molar-refractivity contribution in [1.82, 2.24) is 25.0 Å². The number of piperidine rings is 1. The van der Waals surface area contributed by atoms with Crippen molar-refractivity contribution >= 4 is 34.1 Å². The Balaban J connectivity index is 1.37. The number of likely N-dealkylation sites (tertiary alicyclic amines) is 1. The van der Waals surface area contributed by atoms with Gasteiger partial charge in [0.2, 0.25) is 0 Å². The summed E-state index contributed by atoms with van der Waals surface area (Å²) < 4.78 is 19.6. The van der Waals surface area contributed by atoms with Crippen LogP contribution in [0.5, 0.6) is 0 Å². The van der Waals surface area contributed by atoms with Crippen molar-refractivity contribution < 1.29 is 18.7 Å². The lowest BCUT2D eigenvalue weighted by Gasteiger charge is -2.35. The summed E-state index contributed by atoms with van der Waals surface area (Å²) in [6, 6.07) is 9.51. The third-order valence-corrected chi connectivity index (χ3v) is 8.59. The number of nitrogens with one attached hydrogen (secondary N) is 4. The molecule has 3 aromatic rings. The van der Waals surface area contributed by atoms with Gasteiger partial charge in [0, 0.05) is 62.5 Å². The number of nitrogens with zero attached hydrogens (tertiary/aromatic N) is 3. The number of morpholine rings is 1. The Hall–Kier alpha value is -3.84. The fourth-order valence-corrected chi connectivity index (χ4v) is 5.91. The van der Waals surface area contributed by atoms with E-state index in [2.05, 4.69) is 49.7 Å². The molecule has 5 rings (SSSR count). The summed E-state index contributed by atoms with van der Waals surface area (Å²) in [5.74, 6) is -1.29. The van der Waals surface area contributed by atoms with Gasteiger partial charge in [0.15, 0.2) is 0 Å². The molecule has 2 aliphatic rings. The van der Waals surface area contributed by atoms with Gasteiger partial charge in [-0.1, -0.05) is 0 Å². The lowest BCUT2D eigenvalue weighted by atomic mass is 10.0. The van der Waals surface area contributed by atoms with Gasteiger partial charge in [0.05, 0.1) is 24.4 Å². The number of anilines is 2. The van der Waals surface area contributed by atoms with Crippen LogP contribution in [0.15, 0.2) is 41.2 Å². The highest BCUT2D eigenvalue weighted by molar-refractivity contribution is 6.07. The van der Waals surface area contributed by atoms with Crippen LogP contribution in [0.1, 0.15) is 39.1 Å². The summed E-state index contributed by atoms with van der Waals surface area (Å²) >= 11 is 0. The molecule has 2 aliphatic heterocycles. The van der Waals surface area contributed by atoms with Crippen molar-refractivity contribution in [3.05, 3.63) is 69.3 Å². The van der Waals surface area contributed by atoms with Gasteiger partial charge >= 0.3 is 0 Å². The van der Waals surface area contributed by atoms with Crippen molar-refractivity contribution in [2.24, 2.45) is 0 Å². The number of hydrogen-bond donors (Lipinski definition) is 4. The molecule has 236 valence electrons. The highest BCUT2D eigenvalue weighted by Gasteiger charge is 2.23. The van der Waals surface area contributed by atoms with Crippen LogP contribution in [0.4, 0.5) is 15.8 Å². The van der Waals surface area contributed by atoms with Gasteiger partial charge in [-0.3, -0.25) is 24.2 Å². The number of ether oxygens (including phenoxy) is 1. The molecule has 3 heterocycles. The van der Waals surface area contributed by atoms with Crippen LogP contribution < -0.4 is 21.5 Å². The number of benzene rings is 2. The van der Waals surface area contributed by atoms with Crippen LogP contribution in [0.2, 0.25) is 0 Å². The predicted octanol–water partition coefficient (Wildman–Crippen LogP) is 2.55. The van der Waals surface area contributed by atoms with E-state index in [0.717, 1.165) is 51.1 Å². The maximum atomic E-state index is 14.2. The summed E-state index contributed by atoms with van der Waals surface area (Å²) in [5, 5.41) is 9.16. The first-order valence-corrected chi connectivity index (χ1v) is 15.2. The van der Waals surface area contributed by atoms with Gasteiger partial charge in [-0.2, -0.15) is 0 Å². The van der Waals surface area contributed by atoms with Gasteiger partial charge in [0.1, 0.15) is 11.4 Å². The molecule has 0 bridgehead atoms. The van der Waals surface area contributed by atoms with E-state index in [1.54, 1.807) is 19.2 Å². The second-order valence-electron chi connectivity index (χ2n) is 11.7. The summed E-state index contributed by atoms with van der Waals surface area (Å²) in [5.41, 5.74) is 1.89. The zero-order valence-electron chi connectivity index (χ0n) is 25.7. The molecule has 2 saturated heterocycles. The predicted molar refractivity (Wildman–Crippen MR) is 170 cm³/mol. The van der Waals surface area contributed by atoms with Gasteiger partial charge in [-0.05, 0) is 82.0 Å². The highest BCUT2D eigenvalue weighted by Crippen LogP contribution is 2.25. The molecule has 2 aromatic carbocycles. The average Bonchev–Trinajstić information content (AvgIpc) is 3.02. The normalized spacial score (nSPS) is 16.8. The quantitative estimate of drug-likeness (QED) is 0.278. The summed E-state index contributed by atoms with van der Waals surface area (Å²) in [6.45, 7) is 6.88. The molecular formula is C32H42FN7O4. The smallest absolute Gasteiger partial charge is 0.261 e. The number of pyridine rings is 1. The highest BCUT2D eigenvalue weighted by atomic mass is 19.1. The topological polar surface area (TPSA) is 122 Å². The third-order valence-electron chi connectivity index (χ3n) is 8.59. The minimum absolute atomic E-state index is 0.135. The van der Waals surface area contributed by atoms with E-state index in [1.807, 2.05) is 6.07 Å². The largest absolute Gasteiger partial charge is 0.386 e. The van der Waals surface area contributed by atoms with Gasteiger partial charge in [0.25, 0.3) is 17.4 Å². The van der Waals surface area contributed by atoms with Crippen molar-refractivity contribution in [2.75, 3.05) is 84.3 Å². The Morgan fingerprint density at radius 2 is 1.80 bits per heavy atom. The zero-order chi connectivity index (χ0) is 31.2. The van der Waals surface area contributed by atoms with E-state index in [1.165, 1.54) is 18.2 Å². The Labute approximate surface area is 256 Å². The standard InChI is InChI=1S/C32H42FN7O4/c1-34-28-19-24(33)17-22-18-26(32(43)37-29(22)28)31(42)36-27-5-4-21(30(41)35-8-11-40-12-14-44-15-13-40)16-23(27)20-39(3)25-6-9-38(2)10-7-25/h4-5,16-19,25,34H,6-15,20H2,1-3H3,(H,35,41)(H,36,42)(H,37,43). The van der Waals surface area contributed by atoms with Crippen LogP contribution in [0.3, 0.4) is 0 Å². The number of aromatic amines is 1. The van der Waals surface area contributed by atoms with E-state index in [4.69, 9.17) is 4.74 Å². The summed E-state index contributed by atoms with van der Waals surface area (Å²) in [4.78, 5) is 49.1. The fourth-order valence-electron chi connectivity index (χ4n) is 5.91. The Morgan fingerprint density at radius 1 is 1.05 bits per heavy atom. The van der Waals surface area contributed by atoms with E-state index >= 15 is 0 Å². The molecule has 2 amide bonds. The minimum atomic E-state index is -0.616. The number of carbonyl (C=O) groups is 2. The lowest BCUT2D eigenvalue weighted by molar-refractivity contribution is 0.0383. The number of hydrogen-bond acceptors (Lipinski definition) is 8. The SMILES string of the molecule is CNc1cc(F)cc2cc(C(=O)Nc3ccc(C(=O)NCCN4CCOCC4)cc3CN(C)C3CCN(C)CC3)c(=O)[nH]c12. The minimum Gasteiger partial charge on any atom is -0.386 e. The number of amides is 2. The van der Waals surface area contributed by atoms with E-state index < -0.39 is 17.3 Å². The third kappa shape index (κ3) is 7.62. The number of halogens is 1. The van der Waals surface area contributed by atoms with Crippen molar-refractivity contribution in [2.45, 2.75) is 25.4 Å². The van der Waals surface area contributed by atoms with Crippen molar-refractivity contribution in [1.29, 1.82) is 0 Å². The van der Waals surface area contributed by atoms with Crippen molar-refractivity contribution in [3.63, 3.8) is 0 Å². The number of H-pyrrole nitrogens is 1. The number of rotatable bonds is 10. The fraction of sp³-hybridized carbons (Fsp3) is 0.469. The molecule has 0 atom stereocenters. The maximum Gasteiger partial charge on any atom is 0.261 e. The van der Waals surface area contributed by atoms with Crippen LogP contribution in [0.25, 0.3) is 10.9 Å². The molecule has 2 fully saturated rings. The van der Waals surface area contributed by atoms with E-state index in [9.17, 15) is 18.8 Å². The van der Waals surface area contributed by atoms with E-state index in [0.29, 0.717) is 60.2 Å². The molecule has 4 N–H and O–H groups in total. The Kier molecular flexibility index (Phi) is 10.3. The lowest BCUT2D eigenvalue weighted by Crippen LogP contribution is -2.41. The molecular weight excluding hydrogens is 565 g/mol. The second-order valence-corrected chi connectivity index (χ2v) is 11.7. The number of fused-ring (bicyclic) bond motifs is 1. The molecule has 0 spiro atoms. The van der Waals surface area contributed by atoms with E-state index in [-0.39, 0.29) is 11.5 Å². The van der Waals surface area contributed by atoms with Crippen molar-refractivity contribution in [3.8, 4) is 0 Å². The number of aromatic nitrogens is 1.